The standard InChI is InChI=1S/C13H13ClN2O3/c14-11-6-5-8(7-15-11)16-12(17)9-3-1-2-4-10(9)13(18)19/h1-2,5-7,9-10H,3-4H2,(H,16,17)(H,18,19). The van der Waals surface area contributed by atoms with Gasteiger partial charge in [0, 0.05) is 0 Å². The van der Waals surface area contributed by atoms with E-state index in [0.29, 0.717) is 23.7 Å². The van der Waals surface area contributed by atoms with E-state index in [9.17, 15) is 9.59 Å². The fourth-order valence-corrected chi connectivity index (χ4v) is 2.17. The van der Waals surface area contributed by atoms with Crippen LogP contribution in [0.25, 0.3) is 0 Å². The molecule has 1 aromatic rings. The average Bonchev–Trinajstić information content (AvgIpc) is 2.41. The molecule has 2 atom stereocenters. The first kappa shape index (κ1) is 13.5. The zero-order chi connectivity index (χ0) is 13.8. The summed E-state index contributed by atoms with van der Waals surface area (Å²) in [6.07, 6.45) is 5.89. The highest BCUT2D eigenvalue weighted by Gasteiger charge is 2.33. The number of allylic oxidation sites excluding steroid dienone is 2. The van der Waals surface area contributed by atoms with Crippen molar-refractivity contribution in [1.82, 2.24) is 4.98 Å². The number of nitrogens with zero attached hydrogens (tertiary/aromatic N) is 1. The first-order chi connectivity index (χ1) is 9.08. The van der Waals surface area contributed by atoms with E-state index in [-0.39, 0.29) is 5.91 Å². The molecular formula is C13H13ClN2O3. The Morgan fingerprint density at radius 3 is 2.53 bits per heavy atom. The second-order valence-electron chi connectivity index (χ2n) is 4.35. The molecule has 19 heavy (non-hydrogen) atoms. The number of aromatic nitrogens is 1. The lowest BCUT2D eigenvalue weighted by Gasteiger charge is -2.24. The van der Waals surface area contributed by atoms with Crippen molar-refractivity contribution in [1.29, 1.82) is 0 Å². The number of pyridine rings is 1. The van der Waals surface area contributed by atoms with Crippen molar-refractivity contribution in [3.63, 3.8) is 0 Å². The van der Waals surface area contributed by atoms with Crippen molar-refractivity contribution >= 4 is 29.2 Å². The van der Waals surface area contributed by atoms with Crippen LogP contribution in [0.3, 0.4) is 0 Å². The van der Waals surface area contributed by atoms with Crippen LogP contribution < -0.4 is 5.32 Å². The number of hydrogen-bond donors (Lipinski definition) is 2. The van der Waals surface area contributed by atoms with Gasteiger partial charge in [0.05, 0.1) is 23.7 Å². The molecule has 2 rings (SSSR count). The number of carboxylic acid groups (broad SMARTS) is 1. The van der Waals surface area contributed by atoms with Gasteiger partial charge in [-0.25, -0.2) is 4.98 Å². The van der Waals surface area contributed by atoms with E-state index in [1.54, 1.807) is 18.2 Å². The maximum atomic E-state index is 12.1. The Morgan fingerprint density at radius 2 is 1.95 bits per heavy atom. The van der Waals surface area contributed by atoms with Crippen molar-refractivity contribution in [2.24, 2.45) is 11.8 Å². The maximum Gasteiger partial charge on any atom is 0.307 e. The van der Waals surface area contributed by atoms with Crippen molar-refractivity contribution in [3.05, 3.63) is 35.6 Å². The molecule has 0 saturated carbocycles. The van der Waals surface area contributed by atoms with Crippen LogP contribution in [-0.2, 0) is 9.59 Å². The largest absolute Gasteiger partial charge is 0.481 e. The van der Waals surface area contributed by atoms with Crippen molar-refractivity contribution < 1.29 is 14.7 Å². The molecule has 0 spiro atoms. The topological polar surface area (TPSA) is 79.3 Å². The van der Waals surface area contributed by atoms with Gasteiger partial charge in [-0.05, 0) is 25.0 Å². The predicted octanol–water partition coefficient (Wildman–Crippen LogP) is 2.34. The SMILES string of the molecule is O=C(O)C1CC=CCC1C(=O)Nc1ccc(Cl)nc1. The van der Waals surface area contributed by atoms with Gasteiger partial charge in [-0.3, -0.25) is 9.59 Å². The van der Waals surface area contributed by atoms with Crippen LogP contribution in [0.1, 0.15) is 12.8 Å². The molecule has 5 nitrogen and oxygen atoms in total. The number of hydrogen-bond acceptors (Lipinski definition) is 3. The lowest BCUT2D eigenvalue weighted by atomic mass is 9.82. The quantitative estimate of drug-likeness (QED) is 0.658. The van der Waals surface area contributed by atoms with E-state index in [2.05, 4.69) is 10.3 Å². The lowest BCUT2D eigenvalue weighted by molar-refractivity contribution is -0.146. The summed E-state index contributed by atoms with van der Waals surface area (Å²) in [5.74, 6) is -2.48. The Bertz CT molecular complexity index is 513. The second kappa shape index (κ2) is 5.84. The van der Waals surface area contributed by atoms with Gasteiger partial charge < -0.3 is 10.4 Å². The number of carbonyl (C=O) groups is 2. The summed E-state index contributed by atoms with van der Waals surface area (Å²) in [6.45, 7) is 0. The van der Waals surface area contributed by atoms with Gasteiger partial charge in [-0.15, -0.1) is 0 Å². The van der Waals surface area contributed by atoms with Gasteiger partial charge in [0.2, 0.25) is 5.91 Å². The molecule has 1 heterocycles. The van der Waals surface area contributed by atoms with Gasteiger partial charge in [-0.1, -0.05) is 23.8 Å². The van der Waals surface area contributed by atoms with E-state index in [1.165, 1.54) is 6.20 Å². The molecule has 1 aliphatic rings. The van der Waals surface area contributed by atoms with Crippen LogP contribution in [0.4, 0.5) is 5.69 Å². The third kappa shape index (κ3) is 3.32. The predicted molar refractivity (Wildman–Crippen MR) is 70.9 cm³/mol. The lowest BCUT2D eigenvalue weighted by Crippen LogP contribution is -2.34. The number of halogens is 1. The fourth-order valence-electron chi connectivity index (χ4n) is 2.06. The van der Waals surface area contributed by atoms with Crippen LogP contribution in [-0.4, -0.2) is 22.0 Å². The monoisotopic (exact) mass is 280 g/mol. The van der Waals surface area contributed by atoms with E-state index in [4.69, 9.17) is 16.7 Å². The van der Waals surface area contributed by atoms with Gasteiger partial charge in [0.1, 0.15) is 5.15 Å². The average molecular weight is 281 g/mol. The van der Waals surface area contributed by atoms with E-state index < -0.39 is 17.8 Å². The molecule has 1 amide bonds. The van der Waals surface area contributed by atoms with Gasteiger partial charge >= 0.3 is 5.97 Å². The summed E-state index contributed by atoms with van der Waals surface area (Å²) in [7, 11) is 0. The van der Waals surface area contributed by atoms with Gasteiger partial charge in [0.15, 0.2) is 0 Å². The Hall–Kier alpha value is -1.88. The Balaban J connectivity index is 2.08. The number of amides is 1. The number of carbonyl (C=O) groups excluding carboxylic acids is 1. The summed E-state index contributed by atoms with van der Waals surface area (Å²) in [4.78, 5) is 27.1. The number of aliphatic carboxylic acids is 1. The van der Waals surface area contributed by atoms with E-state index in [1.807, 2.05) is 6.08 Å². The number of carboxylic acids is 1. The van der Waals surface area contributed by atoms with Crippen LogP contribution in [0.5, 0.6) is 0 Å². The summed E-state index contributed by atoms with van der Waals surface area (Å²) in [5.41, 5.74) is 0.507. The third-order valence-electron chi connectivity index (χ3n) is 3.08. The summed E-state index contributed by atoms with van der Waals surface area (Å²) >= 11 is 5.65. The molecule has 0 aromatic carbocycles. The summed E-state index contributed by atoms with van der Waals surface area (Å²) in [6, 6.07) is 3.19. The normalized spacial score (nSPS) is 21.9. The molecule has 6 heteroatoms. The Labute approximate surface area is 115 Å². The fraction of sp³-hybridized carbons (Fsp3) is 0.308. The summed E-state index contributed by atoms with van der Waals surface area (Å²) < 4.78 is 0. The van der Waals surface area contributed by atoms with Crippen LogP contribution >= 0.6 is 11.6 Å². The smallest absolute Gasteiger partial charge is 0.307 e. The van der Waals surface area contributed by atoms with Gasteiger partial charge in [0.25, 0.3) is 0 Å². The van der Waals surface area contributed by atoms with Crippen molar-refractivity contribution in [2.45, 2.75) is 12.8 Å². The van der Waals surface area contributed by atoms with Crippen molar-refractivity contribution in [2.75, 3.05) is 5.32 Å². The molecular weight excluding hydrogens is 268 g/mol. The minimum Gasteiger partial charge on any atom is -0.481 e. The van der Waals surface area contributed by atoms with E-state index >= 15 is 0 Å². The molecule has 0 bridgehead atoms. The molecule has 1 aromatic heterocycles. The Kier molecular flexibility index (Phi) is 4.16. The highest BCUT2D eigenvalue weighted by Crippen LogP contribution is 2.27. The van der Waals surface area contributed by atoms with Crippen LogP contribution in [0, 0.1) is 11.8 Å². The second-order valence-corrected chi connectivity index (χ2v) is 4.74. The molecule has 2 unspecified atom stereocenters. The zero-order valence-corrected chi connectivity index (χ0v) is 10.8. The minimum atomic E-state index is -0.946. The first-order valence-electron chi connectivity index (χ1n) is 5.88. The van der Waals surface area contributed by atoms with Crippen molar-refractivity contribution in [3.8, 4) is 0 Å². The van der Waals surface area contributed by atoms with Crippen LogP contribution in [0.15, 0.2) is 30.5 Å². The van der Waals surface area contributed by atoms with E-state index in [0.717, 1.165) is 0 Å². The number of anilines is 1. The maximum absolute atomic E-state index is 12.1. The van der Waals surface area contributed by atoms with Crippen LogP contribution in [0.2, 0.25) is 5.15 Å². The molecule has 2 N–H and O–H groups in total. The molecule has 100 valence electrons. The molecule has 0 aliphatic heterocycles. The first-order valence-corrected chi connectivity index (χ1v) is 6.26. The molecule has 0 radical (unpaired) electrons. The highest BCUT2D eigenvalue weighted by atomic mass is 35.5. The van der Waals surface area contributed by atoms with Gasteiger partial charge in [-0.2, -0.15) is 0 Å². The molecule has 0 saturated heterocycles. The highest BCUT2D eigenvalue weighted by molar-refractivity contribution is 6.29. The Morgan fingerprint density at radius 1 is 1.26 bits per heavy atom. The minimum absolute atomic E-state index is 0.305. The number of rotatable bonds is 3. The summed E-state index contributed by atoms with van der Waals surface area (Å²) in [5, 5.41) is 12.1. The third-order valence-corrected chi connectivity index (χ3v) is 3.30. The number of nitrogens with one attached hydrogen (secondary N) is 1. The zero-order valence-electron chi connectivity index (χ0n) is 10.0. The molecule has 1 aliphatic carbocycles. The molecule has 0 fully saturated rings.